The van der Waals surface area contributed by atoms with Gasteiger partial charge < -0.3 is 9.80 Å². The number of rotatable bonds is 2. The van der Waals surface area contributed by atoms with Crippen molar-refractivity contribution in [1.82, 2.24) is 4.90 Å². The van der Waals surface area contributed by atoms with Crippen LogP contribution in [-0.4, -0.2) is 37.0 Å². The number of halogens is 2. The Bertz CT molecular complexity index is 789. The Balaban J connectivity index is 1.66. The van der Waals surface area contributed by atoms with Crippen LogP contribution < -0.4 is 4.90 Å². The van der Waals surface area contributed by atoms with E-state index in [4.69, 9.17) is 23.2 Å². The van der Waals surface area contributed by atoms with Gasteiger partial charge in [-0.1, -0.05) is 56.1 Å². The Morgan fingerprint density at radius 2 is 1.54 bits per heavy atom. The fourth-order valence-electron chi connectivity index (χ4n) is 3.17. The largest absolute Gasteiger partial charge is 0.367 e. The lowest BCUT2D eigenvalue weighted by Crippen LogP contribution is -2.48. The lowest BCUT2D eigenvalue weighted by atomic mass is 9.86. The minimum atomic E-state index is 0.0855. The van der Waals surface area contributed by atoms with E-state index in [1.807, 2.05) is 29.2 Å². The first-order chi connectivity index (χ1) is 12.3. The maximum Gasteiger partial charge on any atom is 0.253 e. The van der Waals surface area contributed by atoms with Crippen molar-refractivity contribution in [2.75, 3.05) is 31.1 Å². The van der Waals surface area contributed by atoms with Crippen molar-refractivity contribution in [3.63, 3.8) is 0 Å². The van der Waals surface area contributed by atoms with E-state index in [-0.39, 0.29) is 11.3 Å². The van der Waals surface area contributed by atoms with Gasteiger partial charge in [-0.15, -0.1) is 0 Å². The summed E-state index contributed by atoms with van der Waals surface area (Å²) in [5, 5.41) is 1.36. The lowest BCUT2D eigenvalue weighted by molar-refractivity contribution is 0.0746. The molecule has 2 aromatic rings. The summed E-state index contributed by atoms with van der Waals surface area (Å²) in [5.41, 5.74) is 2.99. The van der Waals surface area contributed by atoms with Crippen LogP contribution in [-0.2, 0) is 5.41 Å². The van der Waals surface area contributed by atoms with Crippen molar-refractivity contribution in [3.05, 3.63) is 63.6 Å². The van der Waals surface area contributed by atoms with E-state index in [1.54, 1.807) is 6.07 Å². The summed E-state index contributed by atoms with van der Waals surface area (Å²) < 4.78 is 0. The van der Waals surface area contributed by atoms with E-state index in [2.05, 4.69) is 37.8 Å². The highest BCUT2D eigenvalue weighted by Crippen LogP contribution is 2.30. The Hall–Kier alpha value is -1.71. The second-order valence-corrected chi connectivity index (χ2v) is 8.55. The number of carbonyl (C=O) groups excluding carboxylic acids is 1. The Morgan fingerprint density at radius 3 is 2.12 bits per heavy atom. The molecule has 1 fully saturated rings. The number of benzene rings is 2. The van der Waals surface area contributed by atoms with Gasteiger partial charge >= 0.3 is 0 Å². The number of hydrogen-bond donors (Lipinski definition) is 0. The van der Waals surface area contributed by atoms with E-state index >= 15 is 0 Å². The first-order valence-electron chi connectivity index (χ1n) is 8.85. The van der Waals surface area contributed by atoms with Gasteiger partial charge in [0, 0.05) is 36.8 Å². The van der Waals surface area contributed by atoms with E-state index in [9.17, 15) is 4.79 Å². The number of amides is 1. The molecule has 0 saturated carbocycles. The summed E-state index contributed by atoms with van der Waals surface area (Å²) >= 11 is 12.4. The second-order valence-electron chi connectivity index (χ2n) is 7.70. The predicted molar refractivity (Wildman–Crippen MR) is 110 cm³/mol. The van der Waals surface area contributed by atoms with Gasteiger partial charge in [0.15, 0.2) is 0 Å². The van der Waals surface area contributed by atoms with Crippen LogP contribution in [0.15, 0.2) is 42.5 Å². The topological polar surface area (TPSA) is 23.6 Å². The standard InChI is InChI=1S/C21H24Cl2N2O/c1-21(2,3)16-6-4-15(5-7-16)20(26)25-12-10-24(11-13-25)19-14-17(22)8-9-18(19)23/h4-9,14H,10-13H2,1-3H3. The molecule has 1 aliphatic heterocycles. The summed E-state index contributed by atoms with van der Waals surface area (Å²) in [4.78, 5) is 16.9. The summed E-state index contributed by atoms with van der Waals surface area (Å²) in [6.45, 7) is 9.33. The lowest BCUT2D eigenvalue weighted by Gasteiger charge is -2.36. The van der Waals surface area contributed by atoms with Gasteiger partial charge in [0.25, 0.3) is 5.91 Å². The van der Waals surface area contributed by atoms with Gasteiger partial charge in [-0.3, -0.25) is 4.79 Å². The van der Waals surface area contributed by atoms with Crippen LogP contribution in [0.1, 0.15) is 36.7 Å². The smallest absolute Gasteiger partial charge is 0.253 e. The molecule has 3 nitrogen and oxygen atoms in total. The fourth-order valence-corrected chi connectivity index (χ4v) is 3.58. The third-order valence-corrected chi connectivity index (χ3v) is 5.37. The third kappa shape index (κ3) is 4.16. The van der Waals surface area contributed by atoms with Crippen LogP contribution in [0.25, 0.3) is 0 Å². The van der Waals surface area contributed by atoms with E-state index in [1.165, 1.54) is 5.56 Å². The molecule has 1 saturated heterocycles. The van der Waals surface area contributed by atoms with Crippen molar-refractivity contribution >= 4 is 34.8 Å². The summed E-state index contributed by atoms with van der Waals surface area (Å²) in [6.07, 6.45) is 0. The van der Waals surface area contributed by atoms with Gasteiger partial charge in [0.2, 0.25) is 0 Å². The van der Waals surface area contributed by atoms with Crippen molar-refractivity contribution in [2.45, 2.75) is 26.2 Å². The van der Waals surface area contributed by atoms with Crippen molar-refractivity contribution < 1.29 is 4.79 Å². The van der Waals surface area contributed by atoms with Crippen LogP contribution in [0.2, 0.25) is 10.0 Å². The second kappa shape index (κ2) is 7.50. The highest BCUT2D eigenvalue weighted by molar-refractivity contribution is 6.35. The van der Waals surface area contributed by atoms with E-state index in [0.717, 1.165) is 24.3 Å². The van der Waals surface area contributed by atoms with Crippen LogP contribution in [0.4, 0.5) is 5.69 Å². The zero-order chi connectivity index (χ0) is 18.9. The molecule has 1 amide bonds. The molecule has 3 rings (SSSR count). The molecule has 0 aromatic heterocycles. The van der Waals surface area contributed by atoms with Crippen LogP contribution in [0, 0.1) is 0 Å². The van der Waals surface area contributed by atoms with Crippen molar-refractivity contribution in [2.24, 2.45) is 0 Å². The summed E-state index contributed by atoms with van der Waals surface area (Å²) in [7, 11) is 0. The minimum absolute atomic E-state index is 0.0855. The highest BCUT2D eigenvalue weighted by atomic mass is 35.5. The zero-order valence-corrected chi connectivity index (χ0v) is 16.9. The molecule has 0 spiro atoms. The molecule has 1 heterocycles. The maximum absolute atomic E-state index is 12.8. The molecule has 0 radical (unpaired) electrons. The number of nitrogens with zero attached hydrogens (tertiary/aromatic N) is 2. The molecule has 1 aliphatic rings. The quantitative estimate of drug-likeness (QED) is 0.698. The summed E-state index contributed by atoms with van der Waals surface area (Å²) in [6, 6.07) is 13.4. The molecule has 5 heteroatoms. The van der Waals surface area contributed by atoms with Crippen LogP contribution in [0.5, 0.6) is 0 Å². The summed E-state index contributed by atoms with van der Waals surface area (Å²) in [5.74, 6) is 0.0855. The minimum Gasteiger partial charge on any atom is -0.367 e. The number of carbonyl (C=O) groups is 1. The fraction of sp³-hybridized carbons (Fsp3) is 0.381. The van der Waals surface area contributed by atoms with Gasteiger partial charge in [-0.05, 0) is 41.3 Å². The number of hydrogen-bond acceptors (Lipinski definition) is 2. The molecular formula is C21H24Cl2N2O. The predicted octanol–water partition coefficient (Wildman–Crippen LogP) is 5.25. The average Bonchev–Trinajstić information content (AvgIpc) is 2.63. The first kappa shape index (κ1) is 19.1. The van der Waals surface area contributed by atoms with Gasteiger partial charge in [-0.2, -0.15) is 0 Å². The molecule has 0 bridgehead atoms. The van der Waals surface area contributed by atoms with Crippen molar-refractivity contribution in [1.29, 1.82) is 0 Å². The monoisotopic (exact) mass is 390 g/mol. The Kier molecular flexibility index (Phi) is 5.50. The van der Waals surface area contributed by atoms with Gasteiger partial charge in [0.05, 0.1) is 10.7 Å². The van der Waals surface area contributed by atoms with Gasteiger partial charge in [-0.25, -0.2) is 0 Å². The van der Waals surface area contributed by atoms with Gasteiger partial charge in [0.1, 0.15) is 0 Å². The van der Waals surface area contributed by atoms with E-state index < -0.39 is 0 Å². The molecule has 26 heavy (non-hydrogen) atoms. The zero-order valence-electron chi connectivity index (χ0n) is 15.4. The molecule has 0 aliphatic carbocycles. The van der Waals surface area contributed by atoms with E-state index in [0.29, 0.717) is 23.1 Å². The third-order valence-electron chi connectivity index (χ3n) is 4.81. The number of piperazine rings is 1. The van der Waals surface area contributed by atoms with Crippen molar-refractivity contribution in [3.8, 4) is 0 Å². The normalized spacial score (nSPS) is 15.3. The maximum atomic E-state index is 12.8. The molecule has 0 atom stereocenters. The molecule has 138 valence electrons. The Morgan fingerprint density at radius 1 is 0.923 bits per heavy atom. The van der Waals surface area contributed by atoms with Crippen LogP contribution in [0.3, 0.4) is 0 Å². The van der Waals surface area contributed by atoms with Crippen LogP contribution >= 0.6 is 23.2 Å². The molecule has 0 unspecified atom stereocenters. The number of anilines is 1. The first-order valence-corrected chi connectivity index (χ1v) is 9.61. The highest BCUT2D eigenvalue weighted by Gasteiger charge is 2.24. The SMILES string of the molecule is CC(C)(C)c1ccc(C(=O)N2CCN(c3cc(Cl)ccc3Cl)CC2)cc1. The molecule has 0 N–H and O–H groups in total. The molecular weight excluding hydrogens is 367 g/mol. The average molecular weight is 391 g/mol. The molecule has 2 aromatic carbocycles. The Labute approximate surface area is 165 Å².